The predicted molar refractivity (Wildman–Crippen MR) is 143 cm³/mol. The summed E-state index contributed by atoms with van der Waals surface area (Å²) in [5, 5.41) is 14.3. The fourth-order valence-corrected chi connectivity index (χ4v) is 5.40. The lowest BCUT2D eigenvalue weighted by atomic mass is 9.97. The van der Waals surface area contributed by atoms with Gasteiger partial charge in [0.25, 0.3) is 0 Å². The Morgan fingerprint density at radius 3 is 2.64 bits per heavy atom. The Kier molecular flexibility index (Phi) is 7.76. The quantitative estimate of drug-likeness (QED) is 0.246. The van der Waals surface area contributed by atoms with Gasteiger partial charge < -0.3 is 19.4 Å². The molecule has 0 saturated heterocycles. The molecule has 4 rings (SSSR count). The first-order chi connectivity index (χ1) is 17.3. The van der Waals surface area contributed by atoms with E-state index in [4.69, 9.17) is 9.47 Å². The Labute approximate surface area is 217 Å². The number of benzene rings is 2. The standard InChI is InChI=1S/C26H26N4O4S2/c1-15-9-10-16(2)19(11-15)20-13-35-24(22(20)25(32)34-5)27-21(31)14-36-26-29-28-23(30(26)3)17-7-6-8-18(12-17)33-4/h6-13H,14H2,1-5H3,(H,27,31). The summed E-state index contributed by atoms with van der Waals surface area (Å²) in [5.41, 5.74) is 5.01. The molecular weight excluding hydrogens is 496 g/mol. The highest BCUT2D eigenvalue weighted by Crippen LogP contribution is 2.38. The molecule has 0 bridgehead atoms. The molecule has 8 nitrogen and oxygen atoms in total. The number of hydrogen-bond donors (Lipinski definition) is 1. The fourth-order valence-electron chi connectivity index (χ4n) is 3.73. The largest absolute Gasteiger partial charge is 0.497 e. The van der Waals surface area contributed by atoms with Crippen molar-refractivity contribution >= 4 is 40.0 Å². The van der Waals surface area contributed by atoms with Crippen molar-refractivity contribution in [1.29, 1.82) is 0 Å². The SMILES string of the molecule is COC(=O)c1c(-c2cc(C)ccc2C)csc1NC(=O)CSc1nnc(-c2cccc(OC)c2)n1C. The van der Waals surface area contributed by atoms with E-state index in [1.165, 1.54) is 30.2 Å². The first-order valence-electron chi connectivity index (χ1n) is 11.1. The van der Waals surface area contributed by atoms with Gasteiger partial charge in [0.15, 0.2) is 11.0 Å². The number of amides is 1. The van der Waals surface area contributed by atoms with Crippen LogP contribution in [0, 0.1) is 13.8 Å². The van der Waals surface area contributed by atoms with Gasteiger partial charge in [-0.2, -0.15) is 0 Å². The second-order valence-corrected chi connectivity index (χ2v) is 9.92. The van der Waals surface area contributed by atoms with Crippen molar-refractivity contribution in [2.45, 2.75) is 19.0 Å². The minimum Gasteiger partial charge on any atom is -0.497 e. The number of aryl methyl sites for hydroxylation is 2. The number of nitrogens with one attached hydrogen (secondary N) is 1. The zero-order valence-electron chi connectivity index (χ0n) is 20.6. The molecule has 1 amide bonds. The number of thiophene rings is 1. The molecule has 2 heterocycles. The van der Waals surface area contributed by atoms with Gasteiger partial charge in [-0.25, -0.2) is 4.79 Å². The van der Waals surface area contributed by atoms with Crippen molar-refractivity contribution in [2.75, 3.05) is 25.3 Å². The third-order valence-electron chi connectivity index (χ3n) is 5.61. The predicted octanol–water partition coefficient (Wildman–Crippen LogP) is 5.35. The van der Waals surface area contributed by atoms with E-state index in [2.05, 4.69) is 15.5 Å². The van der Waals surface area contributed by atoms with E-state index in [0.29, 0.717) is 21.5 Å². The van der Waals surface area contributed by atoms with Crippen LogP contribution < -0.4 is 10.1 Å². The molecule has 0 saturated carbocycles. The molecule has 2 aromatic heterocycles. The number of rotatable bonds is 8. The van der Waals surface area contributed by atoms with Crippen LogP contribution in [0.25, 0.3) is 22.5 Å². The molecule has 10 heteroatoms. The Bertz CT molecular complexity index is 1430. The smallest absolute Gasteiger partial charge is 0.341 e. The molecule has 0 unspecified atom stereocenters. The van der Waals surface area contributed by atoms with Crippen molar-refractivity contribution in [3.05, 3.63) is 64.5 Å². The normalized spacial score (nSPS) is 10.8. The van der Waals surface area contributed by atoms with Crippen molar-refractivity contribution in [3.8, 4) is 28.3 Å². The Morgan fingerprint density at radius 1 is 1.08 bits per heavy atom. The number of hydrogen-bond acceptors (Lipinski definition) is 8. The van der Waals surface area contributed by atoms with Crippen molar-refractivity contribution < 1.29 is 19.1 Å². The van der Waals surface area contributed by atoms with Crippen LogP contribution in [-0.2, 0) is 16.6 Å². The summed E-state index contributed by atoms with van der Waals surface area (Å²) in [6.45, 7) is 3.99. The molecule has 186 valence electrons. The maximum Gasteiger partial charge on any atom is 0.341 e. The zero-order valence-corrected chi connectivity index (χ0v) is 22.3. The zero-order chi connectivity index (χ0) is 25.8. The van der Waals surface area contributed by atoms with Crippen LogP contribution >= 0.6 is 23.1 Å². The minimum atomic E-state index is -0.494. The monoisotopic (exact) mass is 522 g/mol. The molecule has 0 atom stereocenters. The number of esters is 1. The van der Waals surface area contributed by atoms with E-state index in [0.717, 1.165) is 33.6 Å². The second-order valence-electron chi connectivity index (χ2n) is 8.10. The highest BCUT2D eigenvalue weighted by molar-refractivity contribution is 7.99. The molecule has 36 heavy (non-hydrogen) atoms. The lowest BCUT2D eigenvalue weighted by Crippen LogP contribution is -2.16. The summed E-state index contributed by atoms with van der Waals surface area (Å²) in [7, 11) is 4.79. The summed E-state index contributed by atoms with van der Waals surface area (Å²) in [4.78, 5) is 25.5. The Morgan fingerprint density at radius 2 is 1.89 bits per heavy atom. The number of ether oxygens (including phenoxy) is 2. The van der Waals surface area contributed by atoms with E-state index >= 15 is 0 Å². The molecule has 2 aromatic carbocycles. The van der Waals surface area contributed by atoms with Crippen LogP contribution in [-0.4, -0.2) is 46.6 Å². The molecular formula is C26H26N4O4S2. The van der Waals surface area contributed by atoms with Crippen LogP contribution in [0.1, 0.15) is 21.5 Å². The Balaban J connectivity index is 1.51. The lowest BCUT2D eigenvalue weighted by molar-refractivity contribution is -0.113. The van der Waals surface area contributed by atoms with Crippen LogP contribution in [0.2, 0.25) is 0 Å². The number of nitrogens with zero attached hydrogens (tertiary/aromatic N) is 3. The maximum absolute atomic E-state index is 12.8. The van der Waals surface area contributed by atoms with E-state index in [9.17, 15) is 9.59 Å². The van der Waals surface area contributed by atoms with Crippen LogP contribution in [0.5, 0.6) is 5.75 Å². The van der Waals surface area contributed by atoms with Crippen molar-refractivity contribution in [3.63, 3.8) is 0 Å². The highest BCUT2D eigenvalue weighted by Gasteiger charge is 2.23. The van der Waals surface area contributed by atoms with Gasteiger partial charge in [0.1, 0.15) is 16.3 Å². The molecule has 0 aliphatic carbocycles. The number of methoxy groups -OCH3 is 2. The van der Waals surface area contributed by atoms with Gasteiger partial charge in [-0.3, -0.25) is 4.79 Å². The minimum absolute atomic E-state index is 0.0986. The van der Waals surface area contributed by atoms with Gasteiger partial charge in [-0.15, -0.1) is 21.5 Å². The van der Waals surface area contributed by atoms with E-state index in [1.807, 2.05) is 73.3 Å². The summed E-state index contributed by atoms with van der Waals surface area (Å²) < 4.78 is 12.2. The van der Waals surface area contributed by atoms with Crippen molar-refractivity contribution in [2.24, 2.45) is 7.05 Å². The van der Waals surface area contributed by atoms with Gasteiger partial charge in [-0.05, 0) is 37.1 Å². The summed E-state index contributed by atoms with van der Waals surface area (Å²) in [5.74, 6) is 0.737. The lowest BCUT2D eigenvalue weighted by Gasteiger charge is -2.10. The number of thioether (sulfide) groups is 1. The average Bonchev–Trinajstić information content (AvgIpc) is 3.46. The molecule has 1 N–H and O–H groups in total. The number of carbonyl (C=O) groups is 2. The molecule has 0 aliphatic heterocycles. The third kappa shape index (κ3) is 5.29. The average molecular weight is 523 g/mol. The topological polar surface area (TPSA) is 95.3 Å². The fraction of sp³-hybridized carbons (Fsp3) is 0.231. The van der Waals surface area contributed by atoms with Crippen LogP contribution in [0.15, 0.2) is 53.0 Å². The number of aromatic nitrogens is 3. The van der Waals surface area contributed by atoms with Gasteiger partial charge in [0.05, 0.1) is 20.0 Å². The molecule has 0 radical (unpaired) electrons. The van der Waals surface area contributed by atoms with E-state index in [-0.39, 0.29) is 11.7 Å². The summed E-state index contributed by atoms with van der Waals surface area (Å²) in [6, 6.07) is 13.6. The molecule has 4 aromatic rings. The molecule has 0 spiro atoms. The van der Waals surface area contributed by atoms with Crippen molar-refractivity contribution in [1.82, 2.24) is 14.8 Å². The molecule has 0 aliphatic rings. The summed E-state index contributed by atoms with van der Waals surface area (Å²) >= 11 is 2.56. The van der Waals surface area contributed by atoms with Gasteiger partial charge >= 0.3 is 5.97 Å². The number of carbonyl (C=O) groups excluding carboxylic acids is 2. The Hall–Kier alpha value is -3.63. The highest BCUT2D eigenvalue weighted by atomic mass is 32.2. The van der Waals surface area contributed by atoms with Gasteiger partial charge in [0, 0.05) is 23.6 Å². The molecule has 0 fully saturated rings. The first kappa shape index (κ1) is 25.5. The number of anilines is 1. The van der Waals surface area contributed by atoms with E-state index in [1.54, 1.807) is 7.11 Å². The first-order valence-corrected chi connectivity index (χ1v) is 12.9. The third-order valence-corrected chi connectivity index (χ3v) is 7.53. The summed E-state index contributed by atoms with van der Waals surface area (Å²) in [6.07, 6.45) is 0. The second kappa shape index (κ2) is 11.0. The van der Waals surface area contributed by atoms with Crippen LogP contribution in [0.3, 0.4) is 0 Å². The van der Waals surface area contributed by atoms with Gasteiger partial charge in [0.2, 0.25) is 5.91 Å². The maximum atomic E-state index is 12.8. The van der Waals surface area contributed by atoms with Crippen LogP contribution in [0.4, 0.5) is 5.00 Å². The van der Waals surface area contributed by atoms with E-state index < -0.39 is 5.97 Å². The van der Waals surface area contributed by atoms with Gasteiger partial charge in [-0.1, -0.05) is 47.7 Å².